The molecule has 0 heterocycles. The Bertz CT molecular complexity index is 236. The van der Waals surface area contributed by atoms with Gasteiger partial charge in [0.1, 0.15) is 0 Å². The molecule has 1 heteroatoms. The number of benzene rings is 1. The second kappa shape index (κ2) is 5.29. The van der Waals surface area contributed by atoms with E-state index in [9.17, 15) is 0 Å². The monoisotopic (exact) mass is 196 g/mol. The van der Waals surface area contributed by atoms with Crippen molar-refractivity contribution in [2.24, 2.45) is 5.92 Å². The van der Waals surface area contributed by atoms with E-state index in [4.69, 9.17) is 11.6 Å². The average molecular weight is 197 g/mol. The van der Waals surface area contributed by atoms with Crippen molar-refractivity contribution in [3.05, 3.63) is 34.9 Å². The summed E-state index contributed by atoms with van der Waals surface area (Å²) in [7, 11) is 0. The number of aryl methyl sites for hydroxylation is 1. The minimum absolute atomic E-state index is 0.812. The molecule has 1 aromatic carbocycles. The Morgan fingerprint density at radius 2 is 1.77 bits per heavy atom. The van der Waals surface area contributed by atoms with Gasteiger partial charge in [0, 0.05) is 5.02 Å². The van der Waals surface area contributed by atoms with E-state index in [2.05, 4.69) is 26.0 Å². The fourth-order valence-corrected chi connectivity index (χ4v) is 1.49. The quantitative estimate of drug-likeness (QED) is 0.673. The highest BCUT2D eigenvalue weighted by Gasteiger charge is 1.96. The van der Waals surface area contributed by atoms with E-state index >= 15 is 0 Å². The van der Waals surface area contributed by atoms with Gasteiger partial charge in [-0.1, -0.05) is 44.0 Å². The third-order valence-electron chi connectivity index (χ3n) is 2.16. The van der Waals surface area contributed by atoms with Gasteiger partial charge in [0.2, 0.25) is 0 Å². The molecule has 0 fully saturated rings. The van der Waals surface area contributed by atoms with Gasteiger partial charge < -0.3 is 0 Å². The molecule has 0 aliphatic rings. The Morgan fingerprint density at radius 3 is 2.31 bits per heavy atom. The largest absolute Gasteiger partial charge is 0.0843 e. The minimum atomic E-state index is 0.812. The summed E-state index contributed by atoms with van der Waals surface area (Å²) in [5.74, 6) is 0.812. The Morgan fingerprint density at radius 1 is 1.15 bits per heavy atom. The highest BCUT2D eigenvalue weighted by molar-refractivity contribution is 6.30. The second-order valence-corrected chi connectivity index (χ2v) is 4.35. The van der Waals surface area contributed by atoms with E-state index in [0.717, 1.165) is 10.9 Å². The molecule has 0 saturated heterocycles. The van der Waals surface area contributed by atoms with E-state index in [1.165, 1.54) is 24.8 Å². The number of hydrogen-bond acceptors (Lipinski definition) is 0. The van der Waals surface area contributed by atoms with E-state index in [0.29, 0.717) is 0 Å². The van der Waals surface area contributed by atoms with Crippen LogP contribution in [0.3, 0.4) is 0 Å². The minimum Gasteiger partial charge on any atom is -0.0843 e. The fraction of sp³-hybridized carbons (Fsp3) is 0.500. The van der Waals surface area contributed by atoms with Crippen molar-refractivity contribution in [2.45, 2.75) is 33.1 Å². The van der Waals surface area contributed by atoms with Crippen LogP contribution < -0.4 is 0 Å². The van der Waals surface area contributed by atoms with Gasteiger partial charge in [-0.25, -0.2) is 0 Å². The molecule has 0 unspecified atom stereocenters. The number of rotatable bonds is 4. The number of halogens is 1. The van der Waals surface area contributed by atoms with Crippen LogP contribution in [-0.2, 0) is 6.42 Å². The van der Waals surface area contributed by atoms with Crippen molar-refractivity contribution in [1.82, 2.24) is 0 Å². The van der Waals surface area contributed by atoms with Gasteiger partial charge in [0.15, 0.2) is 0 Å². The summed E-state index contributed by atoms with van der Waals surface area (Å²) in [6.45, 7) is 4.53. The second-order valence-electron chi connectivity index (χ2n) is 3.91. The normalized spacial score (nSPS) is 10.8. The first kappa shape index (κ1) is 10.6. The van der Waals surface area contributed by atoms with Crippen LogP contribution in [0.2, 0.25) is 5.02 Å². The van der Waals surface area contributed by atoms with Crippen LogP contribution in [-0.4, -0.2) is 0 Å². The molecule has 72 valence electrons. The first-order chi connectivity index (χ1) is 6.18. The van der Waals surface area contributed by atoms with Gasteiger partial charge >= 0.3 is 0 Å². The van der Waals surface area contributed by atoms with E-state index in [-0.39, 0.29) is 0 Å². The first-order valence-corrected chi connectivity index (χ1v) is 5.30. The molecule has 13 heavy (non-hydrogen) atoms. The maximum atomic E-state index is 5.80. The zero-order chi connectivity index (χ0) is 9.68. The van der Waals surface area contributed by atoms with Crippen LogP contribution in [0, 0.1) is 5.92 Å². The molecule has 0 amide bonds. The molecule has 0 N–H and O–H groups in total. The molecule has 0 radical (unpaired) electrons. The van der Waals surface area contributed by atoms with Crippen LogP contribution in [0.5, 0.6) is 0 Å². The molecule has 1 rings (SSSR count). The Balaban J connectivity index is 2.33. The van der Waals surface area contributed by atoms with Crippen molar-refractivity contribution in [3.63, 3.8) is 0 Å². The Labute approximate surface area is 85.9 Å². The molecule has 0 nitrogen and oxygen atoms in total. The van der Waals surface area contributed by atoms with Crippen LogP contribution in [0.15, 0.2) is 24.3 Å². The summed E-state index contributed by atoms with van der Waals surface area (Å²) in [6, 6.07) is 8.16. The molecule has 0 atom stereocenters. The third-order valence-corrected chi connectivity index (χ3v) is 2.41. The number of hydrogen-bond donors (Lipinski definition) is 0. The summed E-state index contributed by atoms with van der Waals surface area (Å²) in [5, 5.41) is 0.826. The molecule has 0 aliphatic heterocycles. The summed E-state index contributed by atoms with van der Waals surface area (Å²) in [5.41, 5.74) is 1.39. The highest BCUT2D eigenvalue weighted by Crippen LogP contribution is 2.13. The Kier molecular flexibility index (Phi) is 4.31. The van der Waals surface area contributed by atoms with Crippen molar-refractivity contribution in [3.8, 4) is 0 Å². The van der Waals surface area contributed by atoms with Gasteiger partial charge in [-0.2, -0.15) is 0 Å². The maximum Gasteiger partial charge on any atom is 0.0406 e. The fourth-order valence-electron chi connectivity index (χ4n) is 1.37. The molecular weight excluding hydrogens is 180 g/mol. The van der Waals surface area contributed by atoms with Crippen molar-refractivity contribution < 1.29 is 0 Å². The topological polar surface area (TPSA) is 0 Å². The molecule has 0 aliphatic carbocycles. The SMILES string of the molecule is CC(C)CCCc1ccc(Cl)cc1. The molecule has 1 aromatic rings. The molecule has 0 spiro atoms. The molecule has 0 aromatic heterocycles. The van der Waals surface area contributed by atoms with Crippen LogP contribution >= 0.6 is 11.6 Å². The smallest absolute Gasteiger partial charge is 0.0406 e. The van der Waals surface area contributed by atoms with Crippen molar-refractivity contribution in [1.29, 1.82) is 0 Å². The Hall–Kier alpha value is -0.490. The zero-order valence-electron chi connectivity index (χ0n) is 8.39. The van der Waals surface area contributed by atoms with Gasteiger partial charge in [-0.3, -0.25) is 0 Å². The van der Waals surface area contributed by atoms with Crippen LogP contribution in [0.25, 0.3) is 0 Å². The lowest BCUT2D eigenvalue weighted by Crippen LogP contribution is -1.90. The predicted molar refractivity (Wildman–Crippen MR) is 59.2 cm³/mol. The zero-order valence-corrected chi connectivity index (χ0v) is 9.14. The van der Waals surface area contributed by atoms with E-state index < -0.39 is 0 Å². The lowest BCUT2D eigenvalue weighted by Gasteiger charge is -2.04. The standard InChI is InChI=1S/C12H17Cl/c1-10(2)4-3-5-11-6-8-12(13)9-7-11/h6-10H,3-5H2,1-2H3. The van der Waals surface area contributed by atoms with E-state index in [1.54, 1.807) is 0 Å². The maximum absolute atomic E-state index is 5.80. The summed E-state index contributed by atoms with van der Waals surface area (Å²) in [4.78, 5) is 0. The van der Waals surface area contributed by atoms with Gasteiger partial charge in [0.05, 0.1) is 0 Å². The van der Waals surface area contributed by atoms with Gasteiger partial charge in [-0.05, 0) is 36.5 Å². The van der Waals surface area contributed by atoms with E-state index in [1.807, 2.05) is 12.1 Å². The predicted octanol–water partition coefficient (Wildman–Crippen LogP) is 4.32. The third kappa shape index (κ3) is 4.33. The molecule has 0 saturated carbocycles. The van der Waals surface area contributed by atoms with Gasteiger partial charge in [-0.15, -0.1) is 0 Å². The summed E-state index contributed by atoms with van der Waals surface area (Å²) >= 11 is 5.80. The van der Waals surface area contributed by atoms with Crippen molar-refractivity contribution >= 4 is 11.6 Å². The molecular formula is C12H17Cl. The summed E-state index contributed by atoms with van der Waals surface area (Å²) < 4.78 is 0. The van der Waals surface area contributed by atoms with Gasteiger partial charge in [0.25, 0.3) is 0 Å². The summed E-state index contributed by atoms with van der Waals surface area (Å²) in [6.07, 6.45) is 3.76. The lowest BCUT2D eigenvalue weighted by molar-refractivity contribution is 0.556. The average Bonchev–Trinajstić information content (AvgIpc) is 2.08. The van der Waals surface area contributed by atoms with Crippen molar-refractivity contribution in [2.75, 3.05) is 0 Å². The first-order valence-electron chi connectivity index (χ1n) is 4.93. The lowest BCUT2D eigenvalue weighted by atomic mass is 10.0. The highest BCUT2D eigenvalue weighted by atomic mass is 35.5. The molecule has 0 bridgehead atoms. The van der Waals surface area contributed by atoms with Crippen LogP contribution in [0.4, 0.5) is 0 Å². The van der Waals surface area contributed by atoms with Crippen LogP contribution in [0.1, 0.15) is 32.3 Å².